The number of carbonyl (C=O) groups excluding carboxylic acids is 1. The van der Waals surface area contributed by atoms with Gasteiger partial charge in [0.1, 0.15) is 11.6 Å². The van der Waals surface area contributed by atoms with E-state index < -0.39 is 0 Å². The number of nitrogens with zero attached hydrogens (tertiary/aromatic N) is 2. The fourth-order valence-electron chi connectivity index (χ4n) is 3.27. The Kier molecular flexibility index (Phi) is 5.16. The normalized spacial score (nSPS) is 12.6. The number of nitrogens with one attached hydrogen (secondary N) is 1. The first kappa shape index (κ1) is 17.7. The molecule has 2 aromatic carbocycles. The van der Waals surface area contributed by atoms with E-state index in [0.717, 1.165) is 47.1 Å². The molecule has 6 heteroatoms. The number of amides is 1. The summed E-state index contributed by atoms with van der Waals surface area (Å²) in [5.41, 5.74) is 3.23. The van der Waals surface area contributed by atoms with Gasteiger partial charge in [-0.25, -0.2) is 4.68 Å². The molecule has 5 nitrogen and oxygen atoms in total. The van der Waals surface area contributed by atoms with Crippen molar-refractivity contribution in [2.24, 2.45) is 0 Å². The van der Waals surface area contributed by atoms with Gasteiger partial charge in [0.25, 0.3) is 0 Å². The van der Waals surface area contributed by atoms with Crippen LogP contribution in [0.1, 0.15) is 17.7 Å². The van der Waals surface area contributed by atoms with Crippen LogP contribution in [0.4, 0.5) is 5.82 Å². The molecule has 1 aliphatic rings. The summed E-state index contributed by atoms with van der Waals surface area (Å²) < 4.78 is 7.03. The van der Waals surface area contributed by atoms with Crippen LogP contribution < -0.4 is 10.1 Å². The second kappa shape index (κ2) is 7.88. The fourth-order valence-corrected chi connectivity index (χ4v) is 3.96. The molecule has 138 valence electrons. The zero-order valence-electron chi connectivity index (χ0n) is 15.1. The molecule has 1 aromatic heterocycles. The summed E-state index contributed by atoms with van der Waals surface area (Å²) in [5, 5.41) is 7.83. The molecule has 1 heterocycles. The molecule has 0 atom stereocenters. The van der Waals surface area contributed by atoms with Crippen LogP contribution in [-0.2, 0) is 17.6 Å². The predicted octanol–water partition coefficient (Wildman–Crippen LogP) is 4.10. The number of benzene rings is 2. The molecule has 0 spiro atoms. The quantitative estimate of drug-likeness (QED) is 0.655. The summed E-state index contributed by atoms with van der Waals surface area (Å²) in [4.78, 5) is 13.6. The summed E-state index contributed by atoms with van der Waals surface area (Å²) in [6.45, 7) is 0. The summed E-state index contributed by atoms with van der Waals surface area (Å²) in [5.74, 6) is 1.95. The van der Waals surface area contributed by atoms with Crippen LogP contribution >= 0.6 is 11.8 Å². The van der Waals surface area contributed by atoms with Crippen molar-refractivity contribution >= 4 is 23.5 Å². The van der Waals surface area contributed by atoms with E-state index in [1.165, 1.54) is 17.3 Å². The van der Waals surface area contributed by atoms with Gasteiger partial charge in [0.05, 0.1) is 24.2 Å². The third-order valence-corrected chi connectivity index (χ3v) is 5.61. The molecule has 1 N–H and O–H groups in total. The van der Waals surface area contributed by atoms with Crippen LogP contribution in [0, 0.1) is 0 Å². The number of methoxy groups -OCH3 is 1. The zero-order valence-corrected chi connectivity index (χ0v) is 16.0. The Labute approximate surface area is 162 Å². The van der Waals surface area contributed by atoms with Crippen molar-refractivity contribution in [2.75, 3.05) is 18.2 Å². The average Bonchev–Trinajstić information content (AvgIpc) is 3.30. The molecular weight excluding hydrogens is 358 g/mol. The monoisotopic (exact) mass is 379 g/mol. The standard InChI is InChI=1S/C21H21N3O2S/c1-26-16-10-12-17(13-11-16)27-14-20(25)22-21-18-8-5-9-19(18)23-24(21)15-6-3-2-4-7-15/h2-4,6-7,10-13H,5,8-9,14H2,1H3,(H,22,25). The van der Waals surface area contributed by atoms with Gasteiger partial charge in [-0.1, -0.05) is 18.2 Å². The minimum absolute atomic E-state index is 0.0254. The third kappa shape index (κ3) is 3.85. The van der Waals surface area contributed by atoms with Crippen molar-refractivity contribution in [1.29, 1.82) is 0 Å². The lowest BCUT2D eigenvalue weighted by Gasteiger charge is -2.11. The van der Waals surface area contributed by atoms with Gasteiger partial charge < -0.3 is 10.1 Å². The third-order valence-electron chi connectivity index (χ3n) is 4.60. The van der Waals surface area contributed by atoms with Gasteiger partial charge in [0.2, 0.25) is 5.91 Å². The molecule has 0 radical (unpaired) electrons. The topological polar surface area (TPSA) is 56.1 Å². The van der Waals surface area contributed by atoms with E-state index in [1.54, 1.807) is 7.11 Å². The maximum atomic E-state index is 12.6. The second-order valence-electron chi connectivity index (χ2n) is 6.39. The number of anilines is 1. The minimum atomic E-state index is -0.0254. The van der Waals surface area contributed by atoms with Crippen LogP contribution in [0.25, 0.3) is 5.69 Å². The fraction of sp³-hybridized carbons (Fsp3) is 0.238. The molecule has 0 fully saturated rings. The van der Waals surface area contributed by atoms with Crippen LogP contribution in [0.5, 0.6) is 5.75 Å². The highest BCUT2D eigenvalue weighted by atomic mass is 32.2. The second-order valence-corrected chi connectivity index (χ2v) is 7.44. The molecule has 4 rings (SSSR count). The highest BCUT2D eigenvalue weighted by molar-refractivity contribution is 8.00. The number of hydrogen-bond acceptors (Lipinski definition) is 4. The zero-order chi connectivity index (χ0) is 18.6. The van der Waals surface area contributed by atoms with E-state index in [0.29, 0.717) is 5.75 Å². The van der Waals surface area contributed by atoms with Crippen molar-refractivity contribution in [2.45, 2.75) is 24.2 Å². The molecule has 0 unspecified atom stereocenters. The van der Waals surface area contributed by atoms with E-state index in [-0.39, 0.29) is 5.91 Å². The Morgan fingerprint density at radius 2 is 1.93 bits per heavy atom. The Balaban J connectivity index is 1.49. The highest BCUT2D eigenvalue weighted by Gasteiger charge is 2.24. The lowest BCUT2D eigenvalue weighted by atomic mass is 10.2. The first-order chi connectivity index (χ1) is 13.2. The first-order valence-electron chi connectivity index (χ1n) is 8.97. The van der Waals surface area contributed by atoms with Gasteiger partial charge >= 0.3 is 0 Å². The van der Waals surface area contributed by atoms with Crippen molar-refractivity contribution in [1.82, 2.24) is 9.78 Å². The van der Waals surface area contributed by atoms with Gasteiger partial charge in [-0.15, -0.1) is 11.8 Å². The Morgan fingerprint density at radius 3 is 2.67 bits per heavy atom. The van der Waals surface area contributed by atoms with Crippen LogP contribution in [0.15, 0.2) is 59.5 Å². The maximum absolute atomic E-state index is 12.6. The molecule has 0 saturated heterocycles. The van der Waals surface area contributed by atoms with Gasteiger partial charge in [-0.2, -0.15) is 5.10 Å². The van der Waals surface area contributed by atoms with E-state index in [2.05, 4.69) is 5.32 Å². The molecular formula is C21H21N3O2S. The van der Waals surface area contributed by atoms with Crippen LogP contribution in [0.3, 0.4) is 0 Å². The van der Waals surface area contributed by atoms with Crippen molar-refractivity contribution < 1.29 is 9.53 Å². The molecule has 0 saturated carbocycles. The molecule has 3 aromatic rings. The van der Waals surface area contributed by atoms with Crippen molar-refractivity contribution in [3.8, 4) is 11.4 Å². The van der Waals surface area contributed by atoms with Gasteiger partial charge in [-0.3, -0.25) is 4.79 Å². The molecule has 27 heavy (non-hydrogen) atoms. The number of hydrogen-bond donors (Lipinski definition) is 1. The summed E-state index contributed by atoms with van der Waals surface area (Å²) in [6.07, 6.45) is 3.03. The summed E-state index contributed by atoms with van der Waals surface area (Å²) >= 11 is 1.51. The average molecular weight is 379 g/mol. The smallest absolute Gasteiger partial charge is 0.235 e. The first-order valence-corrected chi connectivity index (χ1v) is 9.96. The Bertz CT molecular complexity index is 936. The Hall–Kier alpha value is -2.73. The number of carbonyl (C=O) groups is 1. The Morgan fingerprint density at radius 1 is 1.15 bits per heavy atom. The van der Waals surface area contributed by atoms with Gasteiger partial charge in [0.15, 0.2) is 0 Å². The van der Waals surface area contributed by atoms with Crippen LogP contribution in [-0.4, -0.2) is 28.6 Å². The molecule has 1 aliphatic carbocycles. The lowest BCUT2D eigenvalue weighted by molar-refractivity contribution is -0.113. The number of fused-ring (bicyclic) bond motifs is 1. The number of aromatic nitrogens is 2. The summed E-state index contributed by atoms with van der Waals surface area (Å²) in [7, 11) is 1.64. The SMILES string of the molecule is COc1ccc(SCC(=O)Nc2c3c(nn2-c2ccccc2)CCC3)cc1. The largest absolute Gasteiger partial charge is 0.497 e. The van der Waals surface area contributed by atoms with E-state index >= 15 is 0 Å². The minimum Gasteiger partial charge on any atom is -0.497 e. The highest BCUT2D eigenvalue weighted by Crippen LogP contribution is 2.31. The summed E-state index contributed by atoms with van der Waals surface area (Å²) in [6, 6.07) is 17.7. The van der Waals surface area contributed by atoms with E-state index in [4.69, 9.17) is 9.84 Å². The molecule has 0 aliphatic heterocycles. The van der Waals surface area contributed by atoms with Crippen molar-refractivity contribution in [3.63, 3.8) is 0 Å². The molecule has 1 amide bonds. The number of ether oxygens (including phenoxy) is 1. The van der Waals surface area contributed by atoms with Gasteiger partial charge in [0, 0.05) is 10.5 Å². The van der Waals surface area contributed by atoms with Crippen LogP contribution in [0.2, 0.25) is 0 Å². The number of thioether (sulfide) groups is 1. The van der Waals surface area contributed by atoms with E-state index in [9.17, 15) is 4.79 Å². The number of aryl methyl sites for hydroxylation is 1. The number of para-hydroxylation sites is 1. The number of rotatable bonds is 6. The van der Waals surface area contributed by atoms with Gasteiger partial charge in [-0.05, 0) is 55.7 Å². The maximum Gasteiger partial charge on any atom is 0.235 e. The van der Waals surface area contributed by atoms with Crippen molar-refractivity contribution in [3.05, 3.63) is 65.9 Å². The van der Waals surface area contributed by atoms with E-state index in [1.807, 2.05) is 59.3 Å². The molecule has 0 bridgehead atoms. The lowest BCUT2D eigenvalue weighted by Crippen LogP contribution is -2.18. The predicted molar refractivity (Wildman–Crippen MR) is 108 cm³/mol.